The van der Waals surface area contributed by atoms with Gasteiger partial charge in [0.05, 0.1) is 21.7 Å². The average molecular weight is 503 g/mol. The molecule has 3 aromatic rings. The van der Waals surface area contributed by atoms with Crippen molar-refractivity contribution in [3.63, 3.8) is 0 Å². The van der Waals surface area contributed by atoms with Gasteiger partial charge in [-0.1, -0.05) is 20.8 Å². The summed E-state index contributed by atoms with van der Waals surface area (Å²) < 4.78 is 1.17. The van der Waals surface area contributed by atoms with Gasteiger partial charge in [0, 0.05) is 31.3 Å². The number of aliphatic hydroxyl groups is 1. The molecule has 3 heterocycles. The Labute approximate surface area is 211 Å². The molecular weight excluding hydrogens is 468 g/mol. The summed E-state index contributed by atoms with van der Waals surface area (Å²) in [7, 11) is 0. The van der Waals surface area contributed by atoms with Gasteiger partial charge in [-0.2, -0.15) is 4.98 Å². The van der Waals surface area contributed by atoms with Crippen LogP contribution in [0.2, 0.25) is 0 Å². The molecule has 0 spiro atoms. The van der Waals surface area contributed by atoms with Crippen molar-refractivity contribution < 1.29 is 5.11 Å². The van der Waals surface area contributed by atoms with Crippen LogP contribution in [0.5, 0.6) is 0 Å². The SMILES string of the molecule is Cc1nc(NCC(C)(C)C)nc(NC2CCC(CO)C2)c1-c1nc2c(C3CC3)nccc2s1.Cl. The van der Waals surface area contributed by atoms with Gasteiger partial charge >= 0.3 is 0 Å². The van der Waals surface area contributed by atoms with Crippen LogP contribution in [0, 0.1) is 18.3 Å². The molecule has 2 atom stereocenters. The summed E-state index contributed by atoms with van der Waals surface area (Å²) in [6.45, 7) is 9.67. The first-order valence-corrected chi connectivity index (χ1v) is 12.9. The van der Waals surface area contributed by atoms with Gasteiger partial charge in [0.2, 0.25) is 5.95 Å². The van der Waals surface area contributed by atoms with Gasteiger partial charge < -0.3 is 15.7 Å². The third-order valence-electron chi connectivity index (χ3n) is 6.52. The number of hydrogen-bond acceptors (Lipinski definition) is 8. The summed E-state index contributed by atoms with van der Waals surface area (Å²) in [6.07, 6.45) is 7.35. The van der Waals surface area contributed by atoms with E-state index in [9.17, 15) is 5.11 Å². The average Bonchev–Trinajstić information content (AvgIpc) is 3.35. The van der Waals surface area contributed by atoms with Gasteiger partial charge in [0.1, 0.15) is 16.3 Å². The highest BCUT2D eigenvalue weighted by Gasteiger charge is 2.30. The molecule has 0 aromatic carbocycles. The predicted molar refractivity (Wildman–Crippen MR) is 142 cm³/mol. The monoisotopic (exact) mass is 502 g/mol. The van der Waals surface area contributed by atoms with Crippen molar-refractivity contribution in [1.29, 1.82) is 0 Å². The third kappa shape index (κ3) is 5.44. The molecule has 2 unspecified atom stereocenters. The number of hydrogen-bond donors (Lipinski definition) is 3. The van der Waals surface area contributed by atoms with Crippen molar-refractivity contribution >= 4 is 45.7 Å². The van der Waals surface area contributed by atoms with Crippen LogP contribution >= 0.6 is 23.7 Å². The molecule has 2 fully saturated rings. The van der Waals surface area contributed by atoms with E-state index in [-0.39, 0.29) is 24.4 Å². The van der Waals surface area contributed by atoms with Gasteiger partial charge in [0.15, 0.2) is 0 Å². The normalized spacial score (nSPS) is 20.4. The topological polar surface area (TPSA) is 95.9 Å². The molecule has 0 bridgehead atoms. The Hall–Kier alpha value is -2.03. The Bertz CT molecular complexity index is 1160. The van der Waals surface area contributed by atoms with Crippen molar-refractivity contribution in [2.24, 2.45) is 11.3 Å². The minimum atomic E-state index is 0. The van der Waals surface area contributed by atoms with Crippen LogP contribution in [0.25, 0.3) is 20.8 Å². The number of fused-ring (bicyclic) bond motifs is 1. The highest BCUT2D eigenvalue weighted by Crippen LogP contribution is 2.44. The molecule has 2 aliphatic carbocycles. The Morgan fingerprint density at radius 2 is 1.91 bits per heavy atom. The second-order valence-electron chi connectivity index (χ2n) is 10.8. The van der Waals surface area contributed by atoms with E-state index >= 15 is 0 Å². The van der Waals surface area contributed by atoms with E-state index in [4.69, 9.17) is 15.0 Å². The number of pyridine rings is 1. The lowest BCUT2D eigenvalue weighted by molar-refractivity contribution is 0.229. The Morgan fingerprint density at radius 3 is 2.59 bits per heavy atom. The first kappa shape index (κ1) is 25.1. The van der Waals surface area contributed by atoms with Crippen LogP contribution in [-0.2, 0) is 0 Å². The molecule has 2 saturated carbocycles. The second kappa shape index (κ2) is 9.91. The molecule has 0 radical (unpaired) electrons. The van der Waals surface area contributed by atoms with Crippen molar-refractivity contribution in [2.75, 3.05) is 23.8 Å². The van der Waals surface area contributed by atoms with E-state index in [0.29, 0.717) is 23.8 Å². The highest BCUT2D eigenvalue weighted by atomic mass is 35.5. The van der Waals surface area contributed by atoms with Gasteiger partial charge in [-0.3, -0.25) is 4.98 Å². The quantitative estimate of drug-likeness (QED) is 0.376. The zero-order valence-corrected chi connectivity index (χ0v) is 22.0. The number of nitrogens with one attached hydrogen (secondary N) is 2. The summed E-state index contributed by atoms with van der Waals surface area (Å²) in [4.78, 5) is 19.4. The van der Waals surface area contributed by atoms with E-state index in [1.54, 1.807) is 11.3 Å². The Morgan fingerprint density at radius 1 is 1.12 bits per heavy atom. The van der Waals surface area contributed by atoms with E-state index in [1.165, 1.54) is 17.5 Å². The van der Waals surface area contributed by atoms with Crippen molar-refractivity contribution in [3.05, 3.63) is 23.7 Å². The van der Waals surface area contributed by atoms with Crippen molar-refractivity contribution in [3.8, 4) is 10.6 Å². The largest absolute Gasteiger partial charge is 0.396 e. The summed E-state index contributed by atoms with van der Waals surface area (Å²) in [5.41, 5.74) is 4.18. The smallest absolute Gasteiger partial charge is 0.224 e. The molecule has 7 nitrogen and oxygen atoms in total. The standard InChI is InChI=1S/C25H34N6OS.ClH/c1-14-19(23-30-21-18(33-23)9-10-26-20(21)16-6-7-16)22(29-17-8-5-15(11-17)12-32)31-24(28-14)27-13-25(2,3)4;/h9-10,15-17,32H,5-8,11-13H2,1-4H3,(H2,27,28,29,31);1H. The lowest BCUT2D eigenvalue weighted by atomic mass is 9.97. The molecule has 3 aromatic heterocycles. The van der Waals surface area contributed by atoms with Gasteiger partial charge in [-0.05, 0) is 56.4 Å². The molecule has 2 aliphatic rings. The zero-order valence-electron chi connectivity index (χ0n) is 20.4. The van der Waals surface area contributed by atoms with Crippen LogP contribution in [0.15, 0.2) is 12.3 Å². The van der Waals surface area contributed by atoms with E-state index in [0.717, 1.165) is 59.1 Å². The number of rotatable bonds is 7. The lowest BCUT2D eigenvalue weighted by Gasteiger charge is -2.21. The summed E-state index contributed by atoms with van der Waals surface area (Å²) in [5.74, 6) is 2.40. The Kier molecular flexibility index (Phi) is 7.31. The van der Waals surface area contributed by atoms with Crippen molar-refractivity contribution in [2.45, 2.75) is 71.8 Å². The van der Waals surface area contributed by atoms with Crippen LogP contribution < -0.4 is 10.6 Å². The van der Waals surface area contributed by atoms with Gasteiger partial charge in [0.25, 0.3) is 0 Å². The zero-order chi connectivity index (χ0) is 23.2. The van der Waals surface area contributed by atoms with Crippen LogP contribution in [-0.4, -0.2) is 44.2 Å². The number of aryl methyl sites for hydroxylation is 1. The fourth-order valence-corrected chi connectivity index (χ4v) is 5.63. The van der Waals surface area contributed by atoms with Crippen LogP contribution in [0.3, 0.4) is 0 Å². The maximum atomic E-state index is 9.60. The molecular formula is C25H35ClN6OS. The summed E-state index contributed by atoms with van der Waals surface area (Å²) >= 11 is 1.69. The highest BCUT2D eigenvalue weighted by molar-refractivity contribution is 7.21. The fourth-order valence-electron chi connectivity index (χ4n) is 4.56. The molecule has 3 N–H and O–H groups in total. The van der Waals surface area contributed by atoms with Gasteiger partial charge in [-0.15, -0.1) is 23.7 Å². The predicted octanol–water partition coefficient (Wildman–Crippen LogP) is 5.79. The number of aromatic nitrogens is 4. The summed E-state index contributed by atoms with van der Waals surface area (Å²) in [6, 6.07) is 2.36. The molecule has 0 saturated heterocycles. The first-order valence-electron chi connectivity index (χ1n) is 12.1. The fraction of sp³-hybridized carbons (Fsp3) is 0.600. The second-order valence-corrected chi connectivity index (χ2v) is 11.8. The lowest BCUT2D eigenvalue weighted by Crippen LogP contribution is -2.22. The molecule has 34 heavy (non-hydrogen) atoms. The van der Waals surface area contributed by atoms with Crippen LogP contribution in [0.4, 0.5) is 11.8 Å². The number of aliphatic hydroxyl groups excluding tert-OH is 1. The number of nitrogens with zero attached hydrogens (tertiary/aromatic N) is 4. The third-order valence-corrected chi connectivity index (χ3v) is 7.56. The van der Waals surface area contributed by atoms with Gasteiger partial charge in [-0.25, -0.2) is 9.97 Å². The number of thiazole rings is 1. The van der Waals surface area contributed by atoms with E-state index in [2.05, 4.69) is 42.5 Å². The van der Waals surface area contributed by atoms with Crippen LogP contribution in [0.1, 0.15) is 70.2 Å². The maximum Gasteiger partial charge on any atom is 0.224 e. The molecule has 184 valence electrons. The molecule has 0 amide bonds. The van der Waals surface area contributed by atoms with E-state index in [1.807, 2.05) is 13.1 Å². The van der Waals surface area contributed by atoms with Crippen molar-refractivity contribution in [1.82, 2.24) is 19.9 Å². The number of anilines is 2. The minimum absolute atomic E-state index is 0. The molecule has 0 aliphatic heterocycles. The first-order chi connectivity index (χ1) is 15.8. The Balaban J connectivity index is 0.00000274. The maximum absolute atomic E-state index is 9.60. The summed E-state index contributed by atoms with van der Waals surface area (Å²) in [5, 5.41) is 17.7. The minimum Gasteiger partial charge on any atom is -0.396 e. The van der Waals surface area contributed by atoms with E-state index < -0.39 is 0 Å². The molecule has 5 rings (SSSR count). The number of halogens is 1. The molecule has 9 heteroatoms.